The second kappa shape index (κ2) is 4.43. The van der Waals surface area contributed by atoms with Crippen LogP contribution in [0.2, 0.25) is 0 Å². The van der Waals surface area contributed by atoms with E-state index >= 15 is 0 Å². The van der Waals surface area contributed by atoms with E-state index in [-0.39, 0.29) is 5.60 Å². The van der Waals surface area contributed by atoms with Gasteiger partial charge in [0.25, 0.3) is 0 Å². The van der Waals surface area contributed by atoms with Crippen LogP contribution in [0.1, 0.15) is 46.5 Å². The van der Waals surface area contributed by atoms with Crippen molar-refractivity contribution in [2.24, 2.45) is 11.7 Å². The average Bonchev–Trinajstić information content (AvgIpc) is 2.03. The number of ether oxygens (including phenoxy) is 1. The Morgan fingerprint density at radius 1 is 1.54 bits per heavy atom. The minimum absolute atomic E-state index is 0.00810. The van der Waals surface area contributed by atoms with Crippen molar-refractivity contribution in [1.29, 1.82) is 0 Å². The van der Waals surface area contributed by atoms with Gasteiger partial charge in [-0.25, -0.2) is 0 Å². The van der Waals surface area contributed by atoms with E-state index in [2.05, 4.69) is 20.8 Å². The van der Waals surface area contributed by atoms with Crippen LogP contribution in [-0.4, -0.2) is 18.2 Å². The average molecular weight is 185 g/mol. The Hall–Kier alpha value is -0.0800. The molecule has 0 aliphatic heterocycles. The molecule has 2 unspecified atom stereocenters. The highest BCUT2D eigenvalue weighted by molar-refractivity contribution is 4.88. The molecule has 2 nitrogen and oxygen atoms in total. The van der Waals surface area contributed by atoms with Gasteiger partial charge in [0.15, 0.2) is 0 Å². The van der Waals surface area contributed by atoms with Gasteiger partial charge in [0.2, 0.25) is 0 Å². The van der Waals surface area contributed by atoms with E-state index in [0.717, 1.165) is 18.8 Å². The minimum Gasteiger partial charge on any atom is -0.371 e. The summed E-state index contributed by atoms with van der Waals surface area (Å²) in [7, 11) is 0. The quantitative estimate of drug-likeness (QED) is 0.732. The van der Waals surface area contributed by atoms with Crippen molar-refractivity contribution in [3.05, 3.63) is 0 Å². The van der Waals surface area contributed by atoms with Crippen molar-refractivity contribution in [2.75, 3.05) is 6.54 Å². The molecule has 0 amide bonds. The summed E-state index contributed by atoms with van der Waals surface area (Å²) in [6, 6.07) is 0. The molecule has 2 N–H and O–H groups in total. The fraction of sp³-hybridized carbons (Fsp3) is 1.00. The highest BCUT2D eigenvalue weighted by Crippen LogP contribution is 2.35. The molecule has 0 saturated heterocycles. The topological polar surface area (TPSA) is 35.2 Å². The number of hydrogen-bond acceptors (Lipinski definition) is 2. The van der Waals surface area contributed by atoms with Crippen LogP contribution >= 0.6 is 0 Å². The van der Waals surface area contributed by atoms with Gasteiger partial charge in [0, 0.05) is 6.54 Å². The Morgan fingerprint density at radius 3 is 2.69 bits per heavy atom. The molecule has 1 aliphatic rings. The normalized spacial score (nSPS) is 35.3. The van der Waals surface area contributed by atoms with Crippen LogP contribution in [0.25, 0.3) is 0 Å². The van der Waals surface area contributed by atoms with E-state index in [1.54, 1.807) is 0 Å². The Bertz CT molecular complexity index is 154. The number of nitrogens with two attached hydrogens (primary N) is 1. The third kappa shape index (κ3) is 2.96. The Balaban J connectivity index is 2.56. The zero-order chi connectivity index (χ0) is 9.90. The molecule has 2 atom stereocenters. The minimum atomic E-state index is -0.00810. The summed E-state index contributed by atoms with van der Waals surface area (Å²) in [6.45, 7) is 7.16. The van der Waals surface area contributed by atoms with Gasteiger partial charge in [-0.1, -0.05) is 19.8 Å². The van der Waals surface area contributed by atoms with Crippen molar-refractivity contribution in [3.63, 3.8) is 0 Å². The van der Waals surface area contributed by atoms with Crippen molar-refractivity contribution in [2.45, 2.75) is 58.2 Å². The maximum Gasteiger partial charge on any atom is 0.0810 e. The fourth-order valence-electron chi connectivity index (χ4n) is 2.45. The standard InChI is InChI=1S/C11H23NO/c1-9(2)13-11(8-12)6-4-5-10(3)7-11/h9-10H,4-8,12H2,1-3H3. The van der Waals surface area contributed by atoms with Gasteiger partial charge >= 0.3 is 0 Å². The fourth-order valence-corrected chi connectivity index (χ4v) is 2.45. The van der Waals surface area contributed by atoms with Crippen molar-refractivity contribution < 1.29 is 4.74 Å². The lowest BCUT2D eigenvalue weighted by Gasteiger charge is -2.40. The molecule has 1 rings (SSSR count). The number of hydrogen-bond donors (Lipinski definition) is 1. The summed E-state index contributed by atoms with van der Waals surface area (Å²) in [6.07, 6.45) is 5.19. The molecule has 0 bridgehead atoms. The van der Waals surface area contributed by atoms with Gasteiger partial charge in [-0.15, -0.1) is 0 Å². The largest absolute Gasteiger partial charge is 0.371 e. The van der Waals surface area contributed by atoms with Crippen LogP contribution in [0.15, 0.2) is 0 Å². The molecule has 0 radical (unpaired) electrons. The van der Waals surface area contributed by atoms with Crippen LogP contribution in [0.4, 0.5) is 0 Å². The van der Waals surface area contributed by atoms with Gasteiger partial charge in [-0.05, 0) is 32.6 Å². The molecular weight excluding hydrogens is 162 g/mol. The van der Waals surface area contributed by atoms with Gasteiger partial charge in [0.05, 0.1) is 11.7 Å². The van der Waals surface area contributed by atoms with Gasteiger partial charge in [-0.2, -0.15) is 0 Å². The van der Waals surface area contributed by atoms with Crippen molar-refractivity contribution in [1.82, 2.24) is 0 Å². The van der Waals surface area contributed by atoms with E-state index in [9.17, 15) is 0 Å². The second-order valence-electron chi connectivity index (χ2n) is 4.76. The first-order valence-electron chi connectivity index (χ1n) is 5.46. The number of rotatable bonds is 3. The summed E-state index contributed by atoms with van der Waals surface area (Å²) in [5.74, 6) is 0.774. The second-order valence-corrected chi connectivity index (χ2v) is 4.76. The lowest BCUT2D eigenvalue weighted by atomic mass is 9.78. The summed E-state index contributed by atoms with van der Waals surface area (Å²) >= 11 is 0. The SMILES string of the molecule is CC1CCCC(CN)(OC(C)C)C1. The van der Waals surface area contributed by atoms with Crippen LogP contribution in [0.3, 0.4) is 0 Å². The van der Waals surface area contributed by atoms with E-state index in [0.29, 0.717) is 12.6 Å². The third-order valence-corrected chi connectivity index (χ3v) is 2.91. The summed E-state index contributed by atoms with van der Waals surface area (Å²) in [5.41, 5.74) is 5.82. The lowest BCUT2D eigenvalue weighted by Crippen LogP contribution is -2.46. The molecule has 1 fully saturated rings. The predicted octanol–water partition coefficient (Wildman–Crippen LogP) is 2.32. The first-order chi connectivity index (χ1) is 6.08. The summed E-state index contributed by atoms with van der Waals surface area (Å²) in [5, 5.41) is 0. The highest BCUT2D eigenvalue weighted by atomic mass is 16.5. The van der Waals surface area contributed by atoms with Gasteiger partial charge in [0.1, 0.15) is 0 Å². The Morgan fingerprint density at radius 2 is 2.23 bits per heavy atom. The first-order valence-corrected chi connectivity index (χ1v) is 5.46. The Labute approximate surface area is 81.8 Å². The van der Waals surface area contributed by atoms with Crippen LogP contribution in [0, 0.1) is 5.92 Å². The molecule has 1 aliphatic carbocycles. The molecule has 0 aromatic rings. The summed E-state index contributed by atoms with van der Waals surface area (Å²) < 4.78 is 5.97. The molecule has 2 heteroatoms. The Kier molecular flexibility index (Phi) is 3.74. The molecule has 0 aromatic heterocycles. The zero-order valence-corrected chi connectivity index (χ0v) is 9.18. The van der Waals surface area contributed by atoms with E-state index in [4.69, 9.17) is 10.5 Å². The van der Waals surface area contributed by atoms with E-state index in [1.165, 1.54) is 12.8 Å². The smallest absolute Gasteiger partial charge is 0.0810 e. The van der Waals surface area contributed by atoms with Crippen molar-refractivity contribution in [3.8, 4) is 0 Å². The maximum absolute atomic E-state index is 5.97. The molecule has 0 aromatic carbocycles. The van der Waals surface area contributed by atoms with Crippen LogP contribution in [0.5, 0.6) is 0 Å². The van der Waals surface area contributed by atoms with Crippen LogP contribution in [-0.2, 0) is 4.74 Å². The maximum atomic E-state index is 5.97. The molecule has 13 heavy (non-hydrogen) atoms. The van der Waals surface area contributed by atoms with E-state index in [1.807, 2.05) is 0 Å². The van der Waals surface area contributed by atoms with Crippen molar-refractivity contribution >= 4 is 0 Å². The third-order valence-electron chi connectivity index (χ3n) is 2.91. The van der Waals surface area contributed by atoms with Gasteiger partial charge in [-0.3, -0.25) is 0 Å². The monoisotopic (exact) mass is 185 g/mol. The first kappa shape index (κ1) is 11.0. The molecule has 1 saturated carbocycles. The molecule has 0 heterocycles. The van der Waals surface area contributed by atoms with E-state index < -0.39 is 0 Å². The van der Waals surface area contributed by atoms with Gasteiger partial charge < -0.3 is 10.5 Å². The van der Waals surface area contributed by atoms with Crippen LogP contribution < -0.4 is 5.73 Å². The zero-order valence-electron chi connectivity index (χ0n) is 9.18. The highest BCUT2D eigenvalue weighted by Gasteiger charge is 2.35. The lowest BCUT2D eigenvalue weighted by molar-refractivity contribution is -0.104. The molecule has 0 spiro atoms. The molecular formula is C11H23NO. The summed E-state index contributed by atoms with van der Waals surface area (Å²) in [4.78, 5) is 0. The predicted molar refractivity (Wildman–Crippen MR) is 55.6 cm³/mol. The molecule has 78 valence electrons.